The molecule has 1 N–H and O–H groups in total. The van der Waals surface area contributed by atoms with Crippen LogP contribution in [0.1, 0.15) is 12.8 Å². The summed E-state index contributed by atoms with van der Waals surface area (Å²) in [5, 5.41) is 8.86. The van der Waals surface area contributed by atoms with Crippen molar-refractivity contribution in [2.24, 2.45) is 11.8 Å². The maximum Gasteiger partial charge on any atom is 0.308 e. The van der Waals surface area contributed by atoms with Crippen molar-refractivity contribution in [3.05, 3.63) is 12.2 Å². The number of rotatable bonds is 2. The quantitative estimate of drug-likeness (QED) is 0.491. The van der Waals surface area contributed by atoms with Crippen LogP contribution in [0.3, 0.4) is 0 Å². The largest absolute Gasteiger partial charge is 0.469 e. The molecule has 2 atom stereocenters. The second-order valence-electron chi connectivity index (χ2n) is 3.06. The van der Waals surface area contributed by atoms with Crippen LogP contribution in [-0.4, -0.2) is 24.8 Å². The molecule has 0 saturated carbocycles. The van der Waals surface area contributed by atoms with Crippen molar-refractivity contribution in [2.75, 3.05) is 13.7 Å². The van der Waals surface area contributed by atoms with Crippen molar-refractivity contribution in [2.45, 2.75) is 12.8 Å². The van der Waals surface area contributed by atoms with E-state index in [1.807, 2.05) is 12.2 Å². The molecule has 0 aromatic heterocycles. The Labute approximate surface area is 72.0 Å². The van der Waals surface area contributed by atoms with Crippen LogP contribution in [0.2, 0.25) is 0 Å². The Balaban J connectivity index is 2.49. The molecule has 1 rings (SSSR count). The van der Waals surface area contributed by atoms with Gasteiger partial charge in [0.1, 0.15) is 0 Å². The molecule has 0 aromatic rings. The Kier molecular flexibility index (Phi) is 3.29. The van der Waals surface area contributed by atoms with Gasteiger partial charge in [-0.05, 0) is 12.8 Å². The molecule has 0 unspecified atom stereocenters. The molecular weight excluding hydrogens is 156 g/mol. The van der Waals surface area contributed by atoms with E-state index in [0.717, 1.165) is 6.42 Å². The molecule has 0 amide bonds. The van der Waals surface area contributed by atoms with Crippen molar-refractivity contribution in [1.29, 1.82) is 0 Å². The summed E-state index contributed by atoms with van der Waals surface area (Å²) < 4.78 is 4.63. The molecule has 12 heavy (non-hydrogen) atoms. The van der Waals surface area contributed by atoms with Crippen LogP contribution in [0.15, 0.2) is 12.2 Å². The van der Waals surface area contributed by atoms with Crippen LogP contribution in [-0.2, 0) is 9.53 Å². The van der Waals surface area contributed by atoms with Crippen LogP contribution < -0.4 is 0 Å². The fraction of sp³-hybridized carbons (Fsp3) is 0.667. The highest BCUT2D eigenvalue weighted by Crippen LogP contribution is 2.23. The van der Waals surface area contributed by atoms with Crippen molar-refractivity contribution >= 4 is 5.97 Å². The topological polar surface area (TPSA) is 46.5 Å². The second-order valence-corrected chi connectivity index (χ2v) is 3.06. The molecule has 68 valence electrons. The summed E-state index contributed by atoms with van der Waals surface area (Å²) in [6.07, 6.45) is 5.34. The molecule has 0 heterocycles. The number of aliphatic hydroxyl groups is 1. The Hall–Kier alpha value is -0.830. The second kappa shape index (κ2) is 4.26. The number of hydrogen-bond donors (Lipinski definition) is 1. The molecule has 0 spiro atoms. The maximum atomic E-state index is 11.1. The van der Waals surface area contributed by atoms with Crippen molar-refractivity contribution in [3.63, 3.8) is 0 Å². The predicted molar refractivity (Wildman–Crippen MR) is 44.5 cm³/mol. The summed E-state index contributed by atoms with van der Waals surface area (Å²) in [5.74, 6) is -0.0993. The van der Waals surface area contributed by atoms with Gasteiger partial charge in [0.25, 0.3) is 0 Å². The standard InChI is InChI=1S/C9H14O3/c1-12-9(11)8-4-2-3-7(5-8)6-10/h2-3,7-8,10H,4-6H2,1H3/t7-,8-/m0/s1. The van der Waals surface area contributed by atoms with Crippen molar-refractivity contribution in [3.8, 4) is 0 Å². The minimum atomic E-state index is -0.169. The normalized spacial score (nSPS) is 28.5. The minimum absolute atomic E-state index is 0.0582. The van der Waals surface area contributed by atoms with Gasteiger partial charge in [0, 0.05) is 12.5 Å². The maximum absolute atomic E-state index is 11.1. The number of ether oxygens (including phenoxy) is 1. The lowest BCUT2D eigenvalue weighted by molar-refractivity contribution is -0.146. The molecule has 0 aliphatic heterocycles. The molecule has 0 bridgehead atoms. The number of carbonyl (C=O) groups excluding carboxylic acids is 1. The zero-order chi connectivity index (χ0) is 8.97. The van der Waals surface area contributed by atoms with Crippen LogP contribution in [0.5, 0.6) is 0 Å². The molecule has 0 radical (unpaired) electrons. The van der Waals surface area contributed by atoms with E-state index < -0.39 is 0 Å². The summed E-state index contributed by atoms with van der Waals surface area (Å²) in [7, 11) is 1.40. The number of hydrogen-bond acceptors (Lipinski definition) is 3. The van der Waals surface area contributed by atoms with Gasteiger partial charge in [-0.1, -0.05) is 12.2 Å². The van der Waals surface area contributed by atoms with Crippen LogP contribution in [0.4, 0.5) is 0 Å². The number of esters is 1. The zero-order valence-electron chi connectivity index (χ0n) is 7.19. The smallest absolute Gasteiger partial charge is 0.308 e. The highest BCUT2D eigenvalue weighted by molar-refractivity contribution is 5.72. The highest BCUT2D eigenvalue weighted by Gasteiger charge is 2.23. The summed E-state index contributed by atoms with van der Waals surface area (Å²) >= 11 is 0. The lowest BCUT2D eigenvalue weighted by Gasteiger charge is -2.20. The summed E-state index contributed by atoms with van der Waals surface area (Å²) in [6.45, 7) is 0.115. The molecule has 0 aromatic carbocycles. The molecule has 3 nitrogen and oxygen atoms in total. The van der Waals surface area contributed by atoms with E-state index >= 15 is 0 Å². The zero-order valence-corrected chi connectivity index (χ0v) is 7.19. The summed E-state index contributed by atoms with van der Waals surface area (Å²) in [4.78, 5) is 11.1. The highest BCUT2D eigenvalue weighted by atomic mass is 16.5. The molecular formula is C9H14O3. The number of methoxy groups -OCH3 is 1. The van der Waals surface area contributed by atoms with E-state index in [1.54, 1.807) is 0 Å². The van der Waals surface area contributed by atoms with E-state index in [9.17, 15) is 4.79 Å². The molecule has 0 saturated heterocycles. The van der Waals surface area contributed by atoms with Gasteiger partial charge >= 0.3 is 5.97 Å². The van der Waals surface area contributed by atoms with Crippen molar-refractivity contribution in [1.82, 2.24) is 0 Å². The third-order valence-electron chi connectivity index (χ3n) is 2.19. The average molecular weight is 170 g/mol. The van der Waals surface area contributed by atoms with E-state index in [2.05, 4.69) is 4.74 Å². The number of carbonyl (C=O) groups is 1. The Morgan fingerprint density at radius 1 is 1.75 bits per heavy atom. The first-order valence-corrected chi connectivity index (χ1v) is 4.13. The Morgan fingerprint density at radius 3 is 3.08 bits per heavy atom. The molecule has 3 heteroatoms. The van der Waals surface area contributed by atoms with Crippen LogP contribution in [0, 0.1) is 11.8 Å². The first-order valence-electron chi connectivity index (χ1n) is 4.13. The monoisotopic (exact) mass is 170 g/mol. The van der Waals surface area contributed by atoms with Gasteiger partial charge in [0.15, 0.2) is 0 Å². The van der Waals surface area contributed by atoms with Gasteiger partial charge in [-0.15, -0.1) is 0 Å². The fourth-order valence-electron chi connectivity index (χ4n) is 1.47. The Morgan fingerprint density at radius 2 is 2.50 bits per heavy atom. The van der Waals surface area contributed by atoms with Gasteiger partial charge in [-0.2, -0.15) is 0 Å². The predicted octanol–water partition coefficient (Wildman–Crippen LogP) is 0.734. The average Bonchev–Trinajstić information content (AvgIpc) is 2.17. The third kappa shape index (κ3) is 2.08. The molecule has 0 fully saturated rings. The fourth-order valence-corrected chi connectivity index (χ4v) is 1.47. The number of aliphatic hydroxyl groups excluding tert-OH is 1. The van der Waals surface area contributed by atoms with E-state index in [-0.39, 0.29) is 24.4 Å². The van der Waals surface area contributed by atoms with Gasteiger partial charge < -0.3 is 9.84 Å². The SMILES string of the molecule is COC(=O)[C@H]1CC=C[C@H](CO)C1. The summed E-state index contributed by atoms with van der Waals surface area (Å²) in [5.41, 5.74) is 0. The summed E-state index contributed by atoms with van der Waals surface area (Å²) in [6, 6.07) is 0. The van der Waals surface area contributed by atoms with E-state index in [1.165, 1.54) is 7.11 Å². The van der Waals surface area contributed by atoms with Gasteiger partial charge in [0.2, 0.25) is 0 Å². The lowest BCUT2D eigenvalue weighted by Crippen LogP contribution is -2.22. The molecule has 1 aliphatic carbocycles. The van der Waals surface area contributed by atoms with Gasteiger partial charge in [-0.25, -0.2) is 0 Å². The van der Waals surface area contributed by atoms with Crippen LogP contribution >= 0.6 is 0 Å². The molecule has 1 aliphatic rings. The van der Waals surface area contributed by atoms with Gasteiger partial charge in [-0.3, -0.25) is 4.79 Å². The first kappa shape index (κ1) is 9.26. The van der Waals surface area contributed by atoms with Crippen molar-refractivity contribution < 1.29 is 14.6 Å². The van der Waals surface area contributed by atoms with Crippen LogP contribution in [0.25, 0.3) is 0 Å². The first-order chi connectivity index (χ1) is 5.77. The lowest BCUT2D eigenvalue weighted by atomic mass is 9.87. The number of allylic oxidation sites excluding steroid dienone is 1. The van der Waals surface area contributed by atoms with Gasteiger partial charge in [0.05, 0.1) is 13.0 Å². The minimum Gasteiger partial charge on any atom is -0.469 e. The van der Waals surface area contributed by atoms with E-state index in [0.29, 0.717) is 6.42 Å². The Bertz CT molecular complexity index is 186. The van der Waals surface area contributed by atoms with E-state index in [4.69, 9.17) is 5.11 Å². The third-order valence-corrected chi connectivity index (χ3v) is 2.19.